The summed E-state index contributed by atoms with van der Waals surface area (Å²) in [5.74, 6) is 0.845. The maximum absolute atomic E-state index is 4.64. The zero-order valence-corrected chi connectivity index (χ0v) is 14.7. The van der Waals surface area contributed by atoms with Gasteiger partial charge in [0.15, 0.2) is 0 Å². The fourth-order valence-corrected chi connectivity index (χ4v) is 3.36. The Morgan fingerprint density at radius 3 is 2.68 bits per heavy atom. The number of H-pyrrole nitrogens is 1. The molecule has 3 aromatic heterocycles. The first-order chi connectivity index (χ1) is 12.2. The van der Waals surface area contributed by atoms with Crippen molar-refractivity contribution < 1.29 is 0 Å². The molecule has 25 heavy (non-hydrogen) atoms. The van der Waals surface area contributed by atoms with Gasteiger partial charge in [-0.3, -0.25) is 4.98 Å². The molecule has 4 aromatic rings. The number of aromatic nitrogens is 4. The SMILES string of the molecule is CCCc1cc(C)c(-c2cc3cnc(NC)cc3c3[nH]cnc23)cn1. The van der Waals surface area contributed by atoms with Crippen LogP contribution in [0.15, 0.2) is 36.9 Å². The Balaban J connectivity index is 1.97. The van der Waals surface area contributed by atoms with Crippen LogP contribution in [0, 0.1) is 6.92 Å². The number of nitrogens with one attached hydrogen (secondary N) is 2. The van der Waals surface area contributed by atoms with Gasteiger partial charge in [0.1, 0.15) is 5.82 Å². The second-order valence-electron chi connectivity index (χ2n) is 6.33. The number of aromatic amines is 1. The quantitative estimate of drug-likeness (QED) is 0.579. The highest BCUT2D eigenvalue weighted by molar-refractivity contribution is 6.11. The van der Waals surface area contributed by atoms with Gasteiger partial charge in [0.2, 0.25) is 0 Å². The van der Waals surface area contributed by atoms with Crippen LogP contribution < -0.4 is 5.32 Å². The number of hydrogen-bond donors (Lipinski definition) is 2. The zero-order valence-electron chi connectivity index (χ0n) is 14.7. The van der Waals surface area contributed by atoms with Crippen LogP contribution in [0.2, 0.25) is 0 Å². The molecule has 5 heteroatoms. The Labute approximate surface area is 146 Å². The van der Waals surface area contributed by atoms with Crippen molar-refractivity contribution in [1.29, 1.82) is 0 Å². The lowest BCUT2D eigenvalue weighted by molar-refractivity contribution is 0.881. The average molecular weight is 331 g/mol. The molecule has 0 spiro atoms. The molecular formula is C20H21N5. The summed E-state index contributed by atoms with van der Waals surface area (Å²) in [6.07, 6.45) is 7.74. The summed E-state index contributed by atoms with van der Waals surface area (Å²) in [6, 6.07) is 6.40. The highest BCUT2D eigenvalue weighted by Crippen LogP contribution is 2.34. The molecule has 0 atom stereocenters. The number of aryl methyl sites for hydroxylation is 2. The van der Waals surface area contributed by atoms with E-state index in [1.165, 1.54) is 5.56 Å². The summed E-state index contributed by atoms with van der Waals surface area (Å²) in [5.41, 5.74) is 6.58. The van der Waals surface area contributed by atoms with Crippen molar-refractivity contribution in [2.75, 3.05) is 12.4 Å². The third-order valence-corrected chi connectivity index (χ3v) is 4.62. The van der Waals surface area contributed by atoms with Gasteiger partial charge in [0.25, 0.3) is 0 Å². The second-order valence-corrected chi connectivity index (χ2v) is 6.33. The van der Waals surface area contributed by atoms with Crippen molar-refractivity contribution >= 4 is 27.6 Å². The van der Waals surface area contributed by atoms with Gasteiger partial charge >= 0.3 is 0 Å². The van der Waals surface area contributed by atoms with E-state index in [9.17, 15) is 0 Å². The second kappa shape index (κ2) is 6.16. The van der Waals surface area contributed by atoms with Crippen LogP contribution >= 0.6 is 0 Å². The zero-order chi connectivity index (χ0) is 17.4. The number of pyridine rings is 2. The number of rotatable bonds is 4. The lowest BCUT2D eigenvalue weighted by Crippen LogP contribution is -1.95. The highest BCUT2D eigenvalue weighted by atomic mass is 14.9. The molecule has 0 saturated heterocycles. The Hall–Kier alpha value is -2.95. The maximum Gasteiger partial charge on any atom is 0.126 e. The van der Waals surface area contributed by atoms with Gasteiger partial charge < -0.3 is 10.3 Å². The van der Waals surface area contributed by atoms with Gasteiger partial charge in [0, 0.05) is 47.0 Å². The molecule has 0 amide bonds. The first-order valence-corrected chi connectivity index (χ1v) is 8.60. The molecule has 0 saturated carbocycles. The van der Waals surface area contributed by atoms with Gasteiger partial charge in [-0.1, -0.05) is 13.3 Å². The van der Waals surface area contributed by atoms with E-state index >= 15 is 0 Å². The predicted molar refractivity (Wildman–Crippen MR) is 103 cm³/mol. The van der Waals surface area contributed by atoms with Gasteiger partial charge in [0.05, 0.1) is 17.4 Å². The molecule has 2 N–H and O–H groups in total. The fourth-order valence-electron chi connectivity index (χ4n) is 3.36. The van der Waals surface area contributed by atoms with E-state index in [2.05, 4.69) is 57.3 Å². The number of fused-ring (bicyclic) bond motifs is 3. The van der Waals surface area contributed by atoms with E-state index in [1.54, 1.807) is 6.33 Å². The lowest BCUT2D eigenvalue weighted by Gasteiger charge is -2.11. The summed E-state index contributed by atoms with van der Waals surface area (Å²) in [7, 11) is 1.87. The Morgan fingerprint density at radius 1 is 1.04 bits per heavy atom. The van der Waals surface area contributed by atoms with Crippen molar-refractivity contribution in [2.45, 2.75) is 26.7 Å². The Morgan fingerprint density at radius 2 is 1.92 bits per heavy atom. The number of imidazole rings is 1. The van der Waals surface area contributed by atoms with Gasteiger partial charge in [-0.25, -0.2) is 9.97 Å². The van der Waals surface area contributed by atoms with Crippen LogP contribution in [0.5, 0.6) is 0 Å². The Kier molecular flexibility index (Phi) is 3.84. The first kappa shape index (κ1) is 15.6. The smallest absolute Gasteiger partial charge is 0.126 e. The van der Waals surface area contributed by atoms with E-state index in [1.807, 2.05) is 19.4 Å². The standard InChI is InChI=1S/C20H21N5/c1-4-5-14-6-12(2)17(10-22-14)16-7-13-9-23-18(21-3)8-15(13)19-20(16)25-11-24-19/h6-11H,4-5H2,1-3H3,(H,21,23)(H,24,25). The number of nitrogens with zero attached hydrogens (tertiary/aromatic N) is 3. The summed E-state index contributed by atoms with van der Waals surface area (Å²) < 4.78 is 0. The molecule has 0 radical (unpaired) electrons. The summed E-state index contributed by atoms with van der Waals surface area (Å²) in [6.45, 7) is 4.31. The predicted octanol–water partition coefficient (Wildman–Crippen LogP) is 4.48. The monoisotopic (exact) mass is 331 g/mol. The number of anilines is 1. The largest absolute Gasteiger partial charge is 0.373 e. The van der Waals surface area contributed by atoms with Crippen molar-refractivity contribution in [3.63, 3.8) is 0 Å². The van der Waals surface area contributed by atoms with Crippen LogP contribution in [-0.4, -0.2) is 27.0 Å². The topological polar surface area (TPSA) is 66.5 Å². The van der Waals surface area contributed by atoms with E-state index in [-0.39, 0.29) is 0 Å². The van der Waals surface area contributed by atoms with E-state index in [0.717, 1.165) is 57.3 Å². The molecule has 0 unspecified atom stereocenters. The molecule has 5 nitrogen and oxygen atoms in total. The lowest BCUT2D eigenvalue weighted by atomic mass is 9.97. The minimum atomic E-state index is 0.845. The van der Waals surface area contributed by atoms with Crippen LogP contribution in [0.1, 0.15) is 24.6 Å². The molecule has 0 aliphatic carbocycles. The normalized spacial score (nSPS) is 11.3. The maximum atomic E-state index is 4.64. The highest BCUT2D eigenvalue weighted by Gasteiger charge is 2.14. The minimum absolute atomic E-state index is 0.845. The molecule has 0 aliphatic rings. The summed E-state index contributed by atoms with van der Waals surface area (Å²) in [5, 5.41) is 5.29. The van der Waals surface area contributed by atoms with Crippen LogP contribution in [-0.2, 0) is 6.42 Å². The molecule has 3 heterocycles. The van der Waals surface area contributed by atoms with Gasteiger partial charge in [-0.05, 0) is 37.1 Å². The minimum Gasteiger partial charge on any atom is -0.373 e. The molecular weight excluding hydrogens is 310 g/mol. The Bertz CT molecular complexity index is 1060. The molecule has 4 rings (SSSR count). The fraction of sp³-hybridized carbons (Fsp3) is 0.250. The summed E-state index contributed by atoms with van der Waals surface area (Å²) >= 11 is 0. The average Bonchev–Trinajstić information content (AvgIpc) is 3.11. The number of benzene rings is 1. The third-order valence-electron chi connectivity index (χ3n) is 4.62. The molecule has 1 aromatic carbocycles. The van der Waals surface area contributed by atoms with Crippen molar-refractivity contribution in [3.8, 4) is 11.1 Å². The first-order valence-electron chi connectivity index (χ1n) is 8.60. The van der Waals surface area contributed by atoms with Gasteiger partial charge in [-0.15, -0.1) is 0 Å². The number of hydrogen-bond acceptors (Lipinski definition) is 4. The molecule has 126 valence electrons. The van der Waals surface area contributed by atoms with Crippen LogP contribution in [0.4, 0.5) is 5.82 Å². The van der Waals surface area contributed by atoms with Gasteiger partial charge in [-0.2, -0.15) is 0 Å². The molecule has 0 aliphatic heterocycles. The third kappa shape index (κ3) is 2.61. The summed E-state index contributed by atoms with van der Waals surface area (Å²) in [4.78, 5) is 17.0. The van der Waals surface area contributed by atoms with E-state index in [4.69, 9.17) is 0 Å². The van der Waals surface area contributed by atoms with E-state index in [0.29, 0.717) is 0 Å². The van der Waals surface area contributed by atoms with Crippen molar-refractivity contribution in [3.05, 3.63) is 48.2 Å². The molecule has 0 fully saturated rings. The van der Waals surface area contributed by atoms with E-state index < -0.39 is 0 Å². The van der Waals surface area contributed by atoms with Crippen LogP contribution in [0.25, 0.3) is 32.9 Å². The van der Waals surface area contributed by atoms with Crippen molar-refractivity contribution in [2.24, 2.45) is 0 Å². The molecule has 0 bridgehead atoms. The van der Waals surface area contributed by atoms with Crippen LogP contribution in [0.3, 0.4) is 0 Å². The van der Waals surface area contributed by atoms with Crippen molar-refractivity contribution in [1.82, 2.24) is 19.9 Å².